The summed E-state index contributed by atoms with van der Waals surface area (Å²) in [5.74, 6) is -0.557. The van der Waals surface area contributed by atoms with E-state index in [-0.39, 0.29) is 29.3 Å². The fraction of sp³-hybridized carbons (Fsp3) is 0.235. The van der Waals surface area contributed by atoms with Crippen LogP contribution in [0.4, 0.5) is 20.2 Å². The largest absolute Gasteiger partial charge is 0.493 e. The van der Waals surface area contributed by atoms with E-state index in [0.717, 1.165) is 0 Å². The van der Waals surface area contributed by atoms with Gasteiger partial charge in [0.05, 0.1) is 12.0 Å². The minimum absolute atomic E-state index is 0.0120. The van der Waals surface area contributed by atoms with Crippen molar-refractivity contribution in [2.75, 3.05) is 25.5 Å². The van der Waals surface area contributed by atoms with Gasteiger partial charge in [-0.05, 0) is 30.3 Å². The number of ether oxygens (including phenoxy) is 2. The summed E-state index contributed by atoms with van der Waals surface area (Å²) in [6, 6.07) is 9.75. The lowest BCUT2D eigenvalue weighted by Gasteiger charge is -2.12. The number of halogens is 2. The minimum atomic E-state index is -3.00. The summed E-state index contributed by atoms with van der Waals surface area (Å²) in [7, 11) is 1.28. The smallest absolute Gasteiger partial charge is 0.387 e. The highest BCUT2D eigenvalue weighted by atomic mass is 19.3. The number of amides is 1. The van der Waals surface area contributed by atoms with Gasteiger partial charge < -0.3 is 20.1 Å². The maximum Gasteiger partial charge on any atom is 0.387 e. The molecule has 2 aromatic rings. The van der Waals surface area contributed by atoms with Crippen LogP contribution in [0.25, 0.3) is 0 Å². The summed E-state index contributed by atoms with van der Waals surface area (Å²) in [5.41, 5.74) is 0.885. The number of rotatable bonds is 9. The van der Waals surface area contributed by atoms with E-state index in [1.807, 2.05) is 0 Å². The normalized spacial score (nSPS) is 10.4. The van der Waals surface area contributed by atoms with Crippen molar-refractivity contribution in [1.82, 2.24) is 5.32 Å². The number of carbonyl (C=O) groups excluding carboxylic acids is 1. The van der Waals surface area contributed by atoms with E-state index < -0.39 is 17.4 Å². The van der Waals surface area contributed by atoms with Crippen LogP contribution in [0.3, 0.4) is 0 Å². The van der Waals surface area contributed by atoms with Crippen LogP contribution in [0.2, 0.25) is 0 Å². The molecule has 0 heterocycles. The van der Waals surface area contributed by atoms with Crippen LogP contribution < -0.4 is 20.1 Å². The van der Waals surface area contributed by atoms with E-state index in [1.165, 1.54) is 37.4 Å². The van der Waals surface area contributed by atoms with Crippen molar-refractivity contribution >= 4 is 17.3 Å². The average Bonchev–Trinajstić information content (AvgIpc) is 2.65. The molecule has 10 heteroatoms. The Hall–Kier alpha value is -3.43. The van der Waals surface area contributed by atoms with Gasteiger partial charge in [-0.3, -0.25) is 14.9 Å². The molecule has 0 fully saturated rings. The highest BCUT2D eigenvalue weighted by molar-refractivity contribution is 5.94. The minimum Gasteiger partial charge on any atom is -0.493 e. The Morgan fingerprint density at radius 1 is 1.15 bits per heavy atom. The highest BCUT2D eigenvalue weighted by Crippen LogP contribution is 2.29. The molecule has 2 aromatic carbocycles. The molecule has 0 aliphatic carbocycles. The maximum atomic E-state index is 12.3. The third-order valence-electron chi connectivity index (χ3n) is 3.46. The molecule has 0 radical (unpaired) electrons. The second-order valence-corrected chi connectivity index (χ2v) is 5.23. The molecular formula is C17H17F2N3O5. The van der Waals surface area contributed by atoms with Gasteiger partial charge in [-0.1, -0.05) is 0 Å². The number of methoxy groups -OCH3 is 1. The number of nitrogens with zero attached hydrogens (tertiary/aromatic N) is 1. The van der Waals surface area contributed by atoms with Gasteiger partial charge >= 0.3 is 6.61 Å². The fourth-order valence-corrected chi connectivity index (χ4v) is 2.19. The van der Waals surface area contributed by atoms with Crippen molar-refractivity contribution in [3.63, 3.8) is 0 Å². The molecule has 1 amide bonds. The molecule has 0 spiro atoms. The molecule has 144 valence electrons. The fourth-order valence-electron chi connectivity index (χ4n) is 2.19. The van der Waals surface area contributed by atoms with Crippen molar-refractivity contribution in [3.05, 3.63) is 58.1 Å². The predicted octanol–water partition coefficient (Wildman–Crippen LogP) is 3.05. The first-order chi connectivity index (χ1) is 12.9. The second-order valence-electron chi connectivity index (χ2n) is 5.23. The van der Waals surface area contributed by atoms with Crippen LogP contribution in [-0.4, -0.2) is 37.6 Å². The van der Waals surface area contributed by atoms with Crippen molar-refractivity contribution in [3.8, 4) is 11.5 Å². The summed E-state index contributed by atoms with van der Waals surface area (Å²) in [4.78, 5) is 22.2. The maximum absolute atomic E-state index is 12.3. The topological polar surface area (TPSA) is 103 Å². The molecule has 0 aliphatic heterocycles. The zero-order valence-corrected chi connectivity index (χ0v) is 14.3. The SMILES string of the molecule is COc1cc(C(=O)NCCNc2ccc([N+](=O)[O-])cc2)ccc1OC(F)F. The Balaban J connectivity index is 1.85. The van der Waals surface area contributed by atoms with E-state index in [1.54, 1.807) is 12.1 Å². The lowest BCUT2D eigenvalue weighted by Crippen LogP contribution is -2.28. The summed E-state index contributed by atoms with van der Waals surface area (Å²) < 4.78 is 33.9. The molecule has 8 nitrogen and oxygen atoms in total. The molecule has 0 unspecified atom stereocenters. The van der Waals surface area contributed by atoms with Gasteiger partial charge in [0.1, 0.15) is 0 Å². The summed E-state index contributed by atoms with van der Waals surface area (Å²) >= 11 is 0. The Morgan fingerprint density at radius 3 is 2.44 bits per heavy atom. The third-order valence-corrected chi connectivity index (χ3v) is 3.46. The van der Waals surface area contributed by atoms with E-state index in [9.17, 15) is 23.7 Å². The number of benzene rings is 2. The molecule has 27 heavy (non-hydrogen) atoms. The van der Waals surface area contributed by atoms with E-state index >= 15 is 0 Å². The number of nitrogens with one attached hydrogen (secondary N) is 2. The number of non-ortho nitro benzene ring substituents is 1. The van der Waals surface area contributed by atoms with Gasteiger partial charge in [0.15, 0.2) is 11.5 Å². The number of alkyl halides is 2. The first-order valence-electron chi connectivity index (χ1n) is 7.80. The van der Waals surface area contributed by atoms with Crippen LogP contribution >= 0.6 is 0 Å². The van der Waals surface area contributed by atoms with Crippen molar-refractivity contribution in [2.45, 2.75) is 6.61 Å². The molecule has 0 bridgehead atoms. The zero-order valence-electron chi connectivity index (χ0n) is 14.3. The standard InChI is InChI=1S/C17H17F2N3O5/c1-26-15-10-11(2-7-14(15)27-17(18)19)16(23)21-9-8-20-12-3-5-13(6-4-12)22(24)25/h2-7,10,17,20H,8-9H2,1H3,(H,21,23). The molecular weight excluding hydrogens is 364 g/mol. The molecule has 0 saturated carbocycles. The first-order valence-corrected chi connectivity index (χ1v) is 7.80. The Kier molecular flexibility index (Phi) is 6.86. The van der Waals surface area contributed by atoms with E-state index in [2.05, 4.69) is 15.4 Å². The van der Waals surface area contributed by atoms with Gasteiger partial charge in [-0.25, -0.2) is 0 Å². The van der Waals surface area contributed by atoms with Crippen molar-refractivity contribution < 1.29 is 28.0 Å². The molecule has 2 N–H and O–H groups in total. The van der Waals surface area contributed by atoms with Crippen molar-refractivity contribution in [2.24, 2.45) is 0 Å². The molecule has 2 rings (SSSR count). The zero-order chi connectivity index (χ0) is 19.8. The lowest BCUT2D eigenvalue weighted by molar-refractivity contribution is -0.384. The number of carbonyl (C=O) groups is 1. The molecule has 0 saturated heterocycles. The van der Waals surface area contributed by atoms with Crippen LogP contribution in [0.15, 0.2) is 42.5 Å². The third kappa shape index (κ3) is 5.80. The molecule has 0 aromatic heterocycles. The second kappa shape index (κ2) is 9.32. The summed E-state index contributed by atoms with van der Waals surface area (Å²) in [6.45, 7) is -2.34. The number of hydrogen-bond acceptors (Lipinski definition) is 6. The van der Waals surface area contributed by atoms with Gasteiger partial charge in [-0.2, -0.15) is 8.78 Å². The highest BCUT2D eigenvalue weighted by Gasteiger charge is 2.14. The number of anilines is 1. The van der Waals surface area contributed by atoms with E-state index in [0.29, 0.717) is 12.2 Å². The molecule has 0 atom stereocenters. The number of nitro benzene ring substituents is 1. The number of hydrogen-bond donors (Lipinski definition) is 2. The van der Waals surface area contributed by atoms with E-state index in [4.69, 9.17) is 4.74 Å². The van der Waals surface area contributed by atoms with Gasteiger partial charge in [0.2, 0.25) is 0 Å². The Morgan fingerprint density at radius 2 is 1.85 bits per heavy atom. The summed E-state index contributed by atoms with van der Waals surface area (Å²) in [6.07, 6.45) is 0. The predicted molar refractivity (Wildman–Crippen MR) is 93.5 cm³/mol. The Labute approximate surface area is 153 Å². The van der Waals surface area contributed by atoms with Crippen LogP contribution in [0.1, 0.15) is 10.4 Å². The van der Waals surface area contributed by atoms with Crippen LogP contribution in [0.5, 0.6) is 11.5 Å². The average molecular weight is 381 g/mol. The van der Waals surface area contributed by atoms with Gasteiger partial charge in [0, 0.05) is 36.5 Å². The quantitative estimate of drug-likeness (QED) is 0.393. The van der Waals surface area contributed by atoms with Gasteiger partial charge in [0.25, 0.3) is 11.6 Å². The van der Waals surface area contributed by atoms with Crippen molar-refractivity contribution in [1.29, 1.82) is 0 Å². The van der Waals surface area contributed by atoms with Gasteiger partial charge in [-0.15, -0.1) is 0 Å². The van der Waals surface area contributed by atoms with Crippen LogP contribution in [-0.2, 0) is 0 Å². The lowest BCUT2D eigenvalue weighted by atomic mass is 10.2. The first kappa shape index (κ1) is 19.9. The monoisotopic (exact) mass is 381 g/mol. The number of nitro groups is 1. The summed E-state index contributed by atoms with van der Waals surface area (Å²) in [5, 5.41) is 16.2. The Bertz CT molecular complexity index is 800. The molecule has 0 aliphatic rings. The van der Waals surface area contributed by atoms with Crippen LogP contribution in [0, 0.1) is 10.1 Å².